The summed E-state index contributed by atoms with van der Waals surface area (Å²) in [6.45, 7) is 8.83. The van der Waals surface area contributed by atoms with Crippen molar-refractivity contribution in [3.63, 3.8) is 0 Å². The molecule has 0 radical (unpaired) electrons. The first-order valence-electron chi connectivity index (χ1n) is 4.87. The number of rotatable bonds is 6. The number of aliphatic hydroxyl groups is 1. The minimum atomic E-state index is -0.281. The third-order valence-electron chi connectivity index (χ3n) is 2.11. The summed E-state index contributed by atoms with van der Waals surface area (Å²) in [5, 5.41) is 9.35. The van der Waals surface area contributed by atoms with Crippen LogP contribution in [-0.4, -0.2) is 23.9 Å². The first kappa shape index (κ1) is 11.9. The maximum absolute atomic E-state index is 9.35. The van der Waals surface area contributed by atoms with Gasteiger partial charge in [0.1, 0.15) is 0 Å². The Bertz CT molecular complexity index is 102. The lowest BCUT2D eigenvalue weighted by molar-refractivity contribution is -0.0222. The summed E-state index contributed by atoms with van der Waals surface area (Å²) in [7, 11) is 0. The van der Waals surface area contributed by atoms with Gasteiger partial charge in [-0.05, 0) is 19.3 Å². The molecule has 0 aromatic rings. The van der Waals surface area contributed by atoms with Crippen molar-refractivity contribution in [2.45, 2.75) is 52.7 Å². The lowest BCUT2D eigenvalue weighted by Crippen LogP contribution is -2.22. The van der Waals surface area contributed by atoms with Crippen molar-refractivity contribution >= 4 is 0 Å². The molecule has 0 aliphatic carbocycles. The van der Waals surface area contributed by atoms with E-state index < -0.39 is 0 Å². The van der Waals surface area contributed by atoms with Crippen molar-refractivity contribution in [1.82, 2.24) is 0 Å². The van der Waals surface area contributed by atoms with E-state index in [1.807, 2.05) is 6.92 Å². The van der Waals surface area contributed by atoms with Gasteiger partial charge in [-0.3, -0.25) is 0 Å². The fourth-order valence-corrected chi connectivity index (χ4v) is 0.872. The molecular weight excluding hydrogens is 152 g/mol. The van der Waals surface area contributed by atoms with Gasteiger partial charge in [-0.15, -0.1) is 0 Å². The predicted molar refractivity (Wildman–Crippen MR) is 51.2 cm³/mol. The monoisotopic (exact) mass is 174 g/mol. The van der Waals surface area contributed by atoms with Crippen molar-refractivity contribution in [3.8, 4) is 0 Å². The Morgan fingerprint density at radius 2 is 1.83 bits per heavy atom. The summed E-state index contributed by atoms with van der Waals surface area (Å²) in [5.74, 6) is 0.527. The zero-order valence-electron chi connectivity index (χ0n) is 8.71. The van der Waals surface area contributed by atoms with Crippen molar-refractivity contribution in [1.29, 1.82) is 0 Å². The van der Waals surface area contributed by atoms with E-state index in [0.717, 1.165) is 12.8 Å². The minimum absolute atomic E-state index is 0.247. The summed E-state index contributed by atoms with van der Waals surface area (Å²) >= 11 is 0. The fourth-order valence-electron chi connectivity index (χ4n) is 0.872. The lowest BCUT2D eigenvalue weighted by Gasteiger charge is -2.18. The maximum Gasteiger partial charge on any atom is 0.0773 e. The minimum Gasteiger partial charge on any atom is -0.391 e. The largest absolute Gasteiger partial charge is 0.391 e. The van der Waals surface area contributed by atoms with Crippen molar-refractivity contribution < 1.29 is 9.84 Å². The Kier molecular flexibility index (Phi) is 6.39. The van der Waals surface area contributed by atoms with Crippen LogP contribution in [0.4, 0.5) is 0 Å². The first-order chi connectivity index (χ1) is 5.57. The third-order valence-corrected chi connectivity index (χ3v) is 2.11. The van der Waals surface area contributed by atoms with Crippen LogP contribution in [0, 0.1) is 5.92 Å². The van der Waals surface area contributed by atoms with Crippen LogP contribution in [0.5, 0.6) is 0 Å². The quantitative estimate of drug-likeness (QED) is 0.669. The molecule has 0 fully saturated rings. The van der Waals surface area contributed by atoms with Crippen molar-refractivity contribution in [3.05, 3.63) is 0 Å². The van der Waals surface area contributed by atoms with E-state index in [2.05, 4.69) is 20.8 Å². The zero-order chi connectivity index (χ0) is 9.56. The standard InChI is InChI=1S/C10H22O2/c1-5-6-10(11)7-12-9(4)8(2)3/h8-11H,5-7H2,1-4H3. The molecule has 74 valence electrons. The van der Waals surface area contributed by atoms with Crippen molar-refractivity contribution in [2.24, 2.45) is 5.92 Å². The van der Waals surface area contributed by atoms with Gasteiger partial charge in [0.15, 0.2) is 0 Å². The second kappa shape index (κ2) is 6.44. The van der Waals surface area contributed by atoms with E-state index >= 15 is 0 Å². The average molecular weight is 174 g/mol. The van der Waals surface area contributed by atoms with E-state index in [9.17, 15) is 5.11 Å². The van der Waals surface area contributed by atoms with E-state index in [0.29, 0.717) is 12.5 Å². The highest BCUT2D eigenvalue weighted by Crippen LogP contribution is 2.06. The molecule has 0 spiro atoms. The van der Waals surface area contributed by atoms with Gasteiger partial charge >= 0.3 is 0 Å². The molecule has 0 amide bonds. The Balaban J connectivity index is 3.40. The van der Waals surface area contributed by atoms with Gasteiger partial charge in [-0.1, -0.05) is 27.2 Å². The molecule has 2 unspecified atom stereocenters. The second-order valence-corrected chi connectivity index (χ2v) is 3.72. The van der Waals surface area contributed by atoms with Crippen LogP contribution in [-0.2, 0) is 4.74 Å². The molecule has 0 saturated carbocycles. The van der Waals surface area contributed by atoms with Crippen LogP contribution in [0.1, 0.15) is 40.5 Å². The Morgan fingerprint density at radius 1 is 1.25 bits per heavy atom. The van der Waals surface area contributed by atoms with Gasteiger partial charge < -0.3 is 9.84 Å². The molecule has 2 heteroatoms. The molecule has 0 rings (SSSR count). The molecular formula is C10H22O2. The third kappa shape index (κ3) is 5.56. The van der Waals surface area contributed by atoms with Crippen LogP contribution < -0.4 is 0 Å². The number of ether oxygens (including phenoxy) is 1. The van der Waals surface area contributed by atoms with Crippen LogP contribution >= 0.6 is 0 Å². The summed E-state index contributed by atoms with van der Waals surface area (Å²) < 4.78 is 5.47. The van der Waals surface area contributed by atoms with E-state index in [1.165, 1.54) is 0 Å². The topological polar surface area (TPSA) is 29.5 Å². The van der Waals surface area contributed by atoms with Gasteiger partial charge in [0.2, 0.25) is 0 Å². The summed E-state index contributed by atoms with van der Waals surface area (Å²) in [6.07, 6.45) is 1.82. The molecule has 0 aromatic carbocycles. The Labute approximate surface area is 75.9 Å². The maximum atomic E-state index is 9.35. The first-order valence-corrected chi connectivity index (χ1v) is 4.87. The number of aliphatic hydroxyl groups excluding tert-OH is 1. The molecule has 0 saturated heterocycles. The van der Waals surface area contributed by atoms with Gasteiger partial charge in [0.05, 0.1) is 18.8 Å². The average Bonchev–Trinajstić information content (AvgIpc) is 2.00. The highest BCUT2D eigenvalue weighted by molar-refractivity contribution is 4.58. The normalized spacial score (nSPS) is 16.5. The molecule has 0 heterocycles. The SMILES string of the molecule is CCCC(O)COC(C)C(C)C. The van der Waals surface area contributed by atoms with Gasteiger partial charge in [0.25, 0.3) is 0 Å². The zero-order valence-corrected chi connectivity index (χ0v) is 8.71. The number of hydrogen-bond acceptors (Lipinski definition) is 2. The van der Waals surface area contributed by atoms with Crippen LogP contribution in [0.15, 0.2) is 0 Å². The van der Waals surface area contributed by atoms with E-state index in [1.54, 1.807) is 0 Å². The van der Waals surface area contributed by atoms with Gasteiger partial charge in [-0.2, -0.15) is 0 Å². The summed E-state index contributed by atoms with van der Waals surface area (Å²) in [5.41, 5.74) is 0. The molecule has 1 N–H and O–H groups in total. The van der Waals surface area contributed by atoms with E-state index in [-0.39, 0.29) is 12.2 Å². The summed E-state index contributed by atoms with van der Waals surface area (Å²) in [6, 6.07) is 0. The predicted octanol–water partition coefficient (Wildman–Crippen LogP) is 2.21. The molecule has 12 heavy (non-hydrogen) atoms. The van der Waals surface area contributed by atoms with Crippen LogP contribution in [0.3, 0.4) is 0 Å². The summed E-state index contributed by atoms with van der Waals surface area (Å²) in [4.78, 5) is 0. The lowest BCUT2D eigenvalue weighted by atomic mass is 10.1. The van der Waals surface area contributed by atoms with Crippen LogP contribution in [0.25, 0.3) is 0 Å². The highest BCUT2D eigenvalue weighted by atomic mass is 16.5. The van der Waals surface area contributed by atoms with Gasteiger partial charge in [-0.25, -0.2) is 0 Å². The Hall–Kier alpha value is -0.0800. The number of hydrogen-bond donors (Lipinski definition) is 1. The van der Waals surface area contributed by atoms with E-state index in [4.69, 9.17) is 4.74 Å². The fraction of sp³-hybridized carbons (Fsp3) is 1.00. The molecule has 2 nitrogen and oxygen atoms in total. The molecule has 0 aliphatic rings. The smallest absolute Gasteiger partial charge is 0.0773 e. The molecule has 0 aliphatic heterocycles. The molecule has 0 bridgehead atoms. The van der Waals surface area contributed by atoms with Crippen molar-refractivity contribution in [2.75, 3.05) is 6.61 Å². The van der Waals surface area contributed by atoms with Gasteiger partial charge in [0, 0.05) is 0 Å². The Morgan fingerprint density at radius 3 is 2.25 bits per heavy atom. The highest BCUT2D eigenvalue weighted by Gasteiger charge is 2.09. The molecule has 2 atom stereocenters. The van der Waals surface area contributed by atoms with Crippen LogP contribution in [0.2, 0.25) is 0 Å². The second-order valence-electron chi connectivity index (χ2n) is 3.72. The molecule has 0 aromatic heterocycles.